The van der Waals surface area contributed by atoms with E-state index in [1.165, 1.54) is 0 Å². The van der Waals surface area contributed by atoms with Crippen molar-refractivity contribution in [3.05, 3.63) is 59.6 Å². The van der Waals surface area contributed by atoms with Crippen LogP contribution in [0.5, 0.6) is 0 Å². The number of aryl methyl sites for hydroxylation is 1. The molecule has 5 rings (SSSR count). The lowest BCUT2D eigenvalue weighted by atomic mass is 10.1. The summed E-state index contributed by atoms with van der Waals surface area (Å²) in [5, 5.41) is 4.13. The number of imidazole rings is 1. The van der Waals surface area contributed by atoms with Crippen LogP contribution in [-0.2, 0) is 7.05 Å². The van der Waals surface area contributed by atoms with Gasteiger partial charge in [0.15, 0.2) is 5.65 Å². The van der Waals surface area contributed by atoms with E-state index in [4.69, 9.17) is 4.98 Å². The molecule has 4 heterocycles. The van der Waals surface area contributed by atoms with Gasteiger partial charge in [0.25, 0.3) is 11.8 Å². The summed E-state index contributed by atoms with van der Waals surface area (Å²) in [6.45, 7) is 5.75. The summed E-state index contributed by atoms with van der Waals surface area (Å²) in [5.41, 5.74) is 4.56. The van der Waals surface area contributed by atoms with E-state index >= 15 is 0 Å². The van der Waals surface area contributed by atoms with Gasteiger partial charge in [-0.2, -0.15) is 0 Å². The molecular formula is C21H16N4O2. The van der Waals surface area contributed by atoms with Crippen molar-refractivity contribution >= 4 is 51.4 Å². The highest BCUT2D eigenvalue weighted by atomic mass is 16.2. The molecule has 0 aliphatic carbocycles. The van der Waals surface area contributed by atoms with E-state index in [0.717, 1.165) is 27.5 Å². The van der Waals surface area contributed by atoms with Crippen LogP contribution in [0.25, 0.3) is 39.6 Å². The quantitative estimate of drug-likeness (QED) is 0.559. The second-order valence-corrected chi connectivity index (χ2v) is 6.55. The first-order valence-electron chi connectivity index (χ1n) is 8.64. The van der Waals surface area contributed by atoms with E-state index in [9.17, 15) is 9.59 Å². The van der Waals surface area contributed by atoms with Crippen LogP contribution in [0.1, 0.15) is 39.2 Å². The molecule has 6 heteroatoms. The zero-order chi connectivity index (χ0) is 18.9. The minimum absolute atomic E-state index is 0.326. The first-order chi connectivity index (χ1) is 13.1. The summed E-state index contributed by atoms with van der Waals surface area (Å²) in [5.74, 6) is -0.785. The number of para-hydroxylation sites is 1. The third-order valence-corrected chi connectivity index (χ3v) is 5.16. The number of fused-ring (bicyclic) bond motifs is 8. The summed E-state index contributed by atoms with van der Waals surface area (Å²) in [6, 6.07) is 7.85. The number of aromatic nitrogens is 3. The maximum Gasteiger partial charge on any atom is 0.276 e. The van der Waals surface area contributed by atoms with Gasteiger partial charge in [0, 0.05) is 23.3 Å². The Kier molecular flexibility index (Phi) is 2.98. The molecule has 0 atom stereocenters. The summed E-state index contributed by atoms with van der Waals surface area (Å²) < 4.78 is 3.80. The van der Waals surface area contributed by atoms with E-state index in [1.807, 2.05) is 55.0 Å². The molecule has 0 saturated heterocycles. The monoisotopic (exact) mass is 356 g/mol. The molecule has 0 unspecified atom stereocenters. The molecule has 3 aromatic heterocycles. The van der Waals surface area contributed by atoms with E-state index in [1.54, 1.807) is 10.5 Å². The van der Waals surface area contributed by atoms with Gasteiger partial charge in [0.05, 0.1) is 22.5 Å². The fourth-order valence-corrected chi connectivity index (χ4v) is 4.10. The van der Waals surface area contributed by atoms with E-state index in [0.29, 0.717) is 22.6 Å². The van der Waals surface area contributed by atoms with Crippen LogP contribution in [-0.4, -0.2) is 25.8 Å². The molecule has 0 radical (unpaired) electrons. The largest absolute Gasteiger partial charge is 0.341 e. The Morgan fingerprint density at radius 2 is 1.96 bits per heavy atom. The molecule has 0 fully saturated rings. The number of imide groups is 1. The van der Waals surface area contributed by atoms with Crippen molar-refractivity contribution in [2.75, 3.05) is 0 Å². The van der Waals surface area contributed by atoms with Gasteiger partial charge in [-0.05, 0) is 25.1 Å². The Labute approximate surface area is 154 Å². The summed E-state index contributed by atoms with van der Waals surface area (Å²) in [7, 11) is 1.95. The van der Waals surface area contributed by atoms with Crippen LogP contribution in [0, 0.1) is 0 Å². The second-order valence-electron chi connectivity index (χ2n) is 6.55. The number of hydrogen-bond acceptors (Lipinski definition) is 3. The van der Waals surface area contributed by atoms with Crippen molar-refractivity contribution in [2.24, 2.45) is 7.05 Å². The van der Waals surface area contributed by atoms with Crippen molar-refractivity contribution in [2.45, 2.75) is 6.92 Å². The fraction of sp³-hybridized carbons (Fsp3) is 0.0952. The molecule has 1 aliphatic heterocycles. The van der Waals surface area contributed by atoms with Crippen LogP contribution < -0.4 is 5.32 Å². The highest BCUT2D eigenvalue weighted by Gasteiger charge is 2.36. The van der Waals surface area contributed by atoms with Crippen molar-refractivity contribution in [3.63, 3.8) is 0 Å². The maximum absolute atomic E-state index is 12.7. The predicted molar refractivity (Wildman–Crippen MR) is 106 cm³/mol. The van der Waals surface area contributed by atoms with E-state index < -0.39 is 5.91 Å². The van der Waals surface area contributed by atoms with Crippen LogP contribution in [0.3, 0.4) is 0 Å². The van der Waals surface area contributed by atoms with Crippen molar-refractivity contribution in [1.29, 1.82) is 0 Å². The molecule has 6 nitrogen and oxygen atoms in total. The van der Waals surface area contributed by atoms with E-state index in [-0.39, 0.29) is 5.91 Å². The number of benzene rings is 1. The van der Waals surface area contributed by atoms with Gasteiger partial charge in [-0.3, -0.25) is 19.3 Å². The third-order valence-electron chi connectivity index (χ3n) is 5.16. The highest BCUT2D eigenvalue weighted by Crippen LogP contribution is 2.38. The SMILES string of the molecule is C=Cc1nc2c3c(c4c(n2c1/C=C\C)C(=O)NC4=O)c1ccccc1n3C. The number of carbonyl (C=O) groups excluding carboxylic acids is 2. The Bertz CT molecular complexity index is 1370. The van der Waals surface area contributed by atoms with Gasteiger partial charge < -0.3 is 4.57 Å². The molecule has 2 amide bonds. The zero-order valence-corrected chi connectivity index (χ0v) is 14.9. The lowest BCUT2D eigenvalue weighted by molar-refractivity contribution is 0.0878. The number of nitrogens with zero attached hydrogens (tertiary/aromatic N) is 3. The molecule has 132 valence electrons. The fourth-order valence-electron chi connectivity index (χ4n) is 4.10. The zero-order valence-electron chi connectivity index (χ0n) is 14.9. The molecule has 0 spiro atoms. The first kappa shape index (κ1) is 15.6. The molecule has 1 aliphatic rings. The van der Waals surface area contributed by atoms with Crippen LogP contribution in [0.2, 0.25) is 0 Å². The number of amides is 2. The standard InChI is InChI=1S/C21H16N4O2/c1-4-8-14-12(5-2)22-19-17-15(11-9-6-7-10-13(11)24(17)3)16-18(25(14)19)21(27)23-20(16)26/h4-10H,2H2,1,3H3,(H,23,26,27)/b8-4-. The van der Waals surface area contributed by atoms with Gasteiger partial charge in [-0.1, -0.05) is 30.9 Å². The lowest BCUT2D eigenvalue weighted by Gasteiger charge is -2.07. The highest BCUT2D eigenvalue weighted by molar-refractivity contribution is 6.31. The smallest absolute Gasteiger partial charge is 0.276 e. The van der Waals surface area contributed by atoms with Crippen LogP contribution in [0.4, 0.5) is 0 Å². The summed E-state index contributed by atoms with van der Waals surface area (Å²) in [6.07, 6.45) is 5.42. The van der Waals surface area contributed by atoms with Crippen LogP contribution >= 0.6 is 0 Å². The Hall–Kier alpha value is -3.67. The topological polar surface area (TPSA) is 68.4 Å². The van der Waals surface area contributed by atoms with Gasteiger partial charge in [0.1, 0.15) is 5.69 Å². The minimum atomic E-state index is -0.409. The predicted octanol–water partition coefficient (Wildman–Crippen LogP) is 3.54. The molecule has 0 bridgehead atoms. The summed E-state index contributed by atoms with van der Waals surface area (Å²) >= 11 is 0. The number of allylic oxidation sites excluding steroid dienone is 1. The average molecular weight is 356 g/mol. The number of carbonyl (C=O) groups is 2. The maximum atomic E-state index is 12.7. The van der Waals surface area contributed by atoms with Gasteiger partial charge in [-0.15, -0.1) is 0 Å². The van der Waals surface area contributed by atoms with Gasteiger partial charge in [-0.25, -0.2) is 4.98 Å². The molecule has 27 heavy (non-hydrogen) atoms. The number of hydrogen-bond donors (Lipinski definition) is 1. The van der Waals surface area contributed by atoms with Gasteiger partial charge in [0.2, 0.25) is 0 Å². The van der Waals surface area contributed by atoms with Crippen LogP contribution in [0.15, 0.2) is 36.9 Å². The van der Waals surface area contributed by atoms with Crippen molar-refractivity contribution < 1.29 is 9.59 Å². The normalized spacial score (nSPS) is 14.0. The van der Waals surface area contributed by atoms with Gasteiger partial charge >= 0.3 is 0 Å². The molecule has 1 aromatic carbocycles. The molecule has 1 N–H and O–H groups in total. The molecule has 4 aromatic rings. The molecule has 0 saturated carbocycles. The summed E-state index contributed by atoms with van der Waals surface area (Å²) in [4.78, 5) is 30.2. The number of nitrogens with one attached hydrogen (secondary N) is 1. The van der Waals surface area contributed by atoms with Crippen molar-refractivity contribution in [1.82, 2.24) is 19.3 Å². The Balaban J connectivity index is 2.20. The number of rotatable bonds is 2. The minimum Gasteiger partial charge on any atom is -0.341 e. The Morgan fingerprint density at radius 1 is 1.19 bits per heavy atom. The molecular weight excluding hydrogens is 340 g/mol. The second kappa shape index (κ2) is 5.17. The number of pyridine rings is 1. The first-order valence-corrected chi connectivity index (χ1v) is 8.64. The third kappa shape index (κ3) is 1.76. The average Bonchev–Trinajstić information content (AvgIpc) is 3.27. The lowest BCUT2D eigenvalue weighted by Crippen LogP contribution is -2.20. The van der Waals surface area contributed by atoms with E-state index in [2.05, 4.69) is 11.9 Å². The Morgan fingerprint density at radius 3 is 2.70 bits per heavy atom. The van der Waals surface area contributed by atoms with Crippen molar-refractivity contribution in [3.8, 4) is 0 Å².